The molecule has 1 aromatic rings. The van der Waals surface area contributed by atoms with E-state index in [1.165, 1.54) is 0 Å². The topological polar surface area (TPSA) is 61.7 Å². The van der Waals surface area contributed by atoms with E-state index < -0.39 is 6.10 Å². The van der Waals surface area contributed by atoms with Gasteiger partial charge in [0.2, 0.25) is 0 Å². The molecule has 0 aromatic heterocycles. The van der Waals surface area contributed by atoms with Crippen LogP contribution in [0.3, 0.4) is 0 Å². The molecule has 0 heterocycles. The van der Waals surface area contributed by atoms with Crippen LogP contribution in [-0.4, -0.2) is 42.1 Å². The number of aliphatic hydroxyl groups is 2. The van der Waals surface area contributed by atoms with Crippen LogP contribution in [0.4, 0.5) is 0 Å². The van der Waals surface area contributed by atoms with Crippen LogP contribution in [0.2, 0.25) is 0 Å². The lowest BCUT2D eigenvalue weighted by Crippen LogP contribution is -2.40. The van der Waals surface area contributed by atoms with E-state index in [1.54, 1.807) is 0 Å². The van der Waals surface area contributed by atoms with Crippen molar-refractivity contribution >= 4 is 0 Å². The summed E-state index contributed by atoms with van der Waals surface area (Å²) < 4.78 is 5.63. The molecule has 4 nitrogen and oxygen atoms in total. The van der Waals surface area contributed by atoms with Crippen molar-refractivity contribution in [2.24, 2.45) is 5.92 Å². The molecule has 3 atom stereocenters. The summed E-state index contributed by atoms with van der Waals surface area (Å²) in [5.74, 6) is 1.15. The van der Waals surface area contributed by atoms with Gasteiger partial charge in [-0.05, 0) is 37.3 Å². The zero-order chi connectivity index (χ0) is 14.4. The molecule has 1 saturated carbocycles. The van der Waals surface area contributed by atoms with Gasteiger partial charge in [0.15, 0.2) is 0 Å². The molecular weight excluding hydrogens is 254 g/mol. The van der Waals surface area contributed by atoms with Gasteiger partial charge in [-0.15, -0.1) is 0 Å². The third-order valence-electron chi connectivity index (χ3n) is 4.03. The number of nitrogens with one attached hydrogen (secondary N) is 1. The summed E-state index contributed by atoms with van der Waals surface area (Å²) in [7, 11) is 0. The number of ether oxygens (including phenoxy) is 1. The Morgan fingerprint density at radius 3 is 2.90 bits per heavy atom. The second-order valence-corrected chi connectivity index (χ2v) is 5.62. The number of rotatable bonds is 7. The lowest BCUT2D eigenvalue weighted by molar-refractivity contribution is 0.0989. The first-order valence-corrected chi connectivity index (χ1v) is 7.41. The second kappa shape index (κ2) is 7.62. The Morgan fingerprint density at radius 2 is 2.15 bits per heavy atom. The van der Waals surface area contributed by atoms with Crippen LogP contribution in [0.1, 0.15) is 24.8 Å². The van der Waals surface area contributed by atoms with Gasteiger partial charge in [-0.3, -0.25) is 0 Å². The van der Waals surface area contributed by atoms with Gasteiger partial charge in [0.25, 0.3) is 0 Å². The van der Waals surface area contributed by atoms with Crippen molar-refractivity contribution in [3.63, 3.8) is 0 Å². The van der Waals surface area contributed by atoms with Crippen LogP contribution in [0.15, 0.2) is 24.3 Å². The minimum atomic E-state index is -0.533. The predicted molar refractivity (Wildman–Crippen MR) is 78.9 cm³/mol. The molecule has 0 bridgehead atoms. The van der Waals surface area contributed by atoms with Crippen molar-refractivity contribution in [1.29, 1.82) is 0 Å². The Labute approximate surface area is 120 Å². The molecule has 1 aliphatic carbocycles. The lowest BCUT2D eigenvalue weighted by Gasteiger charge is -2.21. The molecule has 4 heteroatoms. The smallest absolute Gasteiger partial charge is 0.122 e. The van der Waals surface area contributed by atoms with E-state index in [1.807, 2.05) is 31.2 Å². The van der Waals surface area contributed by atoms with Crippen LogP contribution >= 0.6 is 0 Å². The van der Waals surface area contributed by atoms with Crippen molar-refractivity contribution < 1.29 is 14.9 Å². The van der Waals surface area contributed by atoms with Crippen LogP contribution in [-0.2, 0) is 0 Å². The van der Waals surface area contributed by atoms with E-state index in [2.05, 4.69) is 5.32 Å². The standard InChI is InChI=1S/C16H25NO3/c1-12-5-2-3-8-16(12)20-11-14(19)9-17-15-7-4-6-13(15)10-18/h2-3,5,8,13-15,17-19H,4,6-7,9-11H2,1H3. The molecule has 20 heavy (non-hydrogen) atoms. The molecule has 0 saturated heterocycles. The number of benzene rings is 1. The summed E-state index contributed by atoms with van der Waals surface area (Å²) in [5.41, 5.74) is 1.07. The van der Waals surface area contributed by atoms with Crippen molar-refractivity contribution in [3.8, 4) is 5.75 Å². The van der Waals surface area contributed by atoms with E-state index in [4.69, 9.17) is 4.74 Å². The Bertz CT molecular complexity index is 410. The average molecular weight is 279 g/mol. The fraction of sp³-hybridized carbons (Fsp3) is 0.625. The van der Waals surface area contributed by atoms with E-state index in [0.29, 0.717) is 18.5 Å². The Morgan fingerprint density at radius 1 is 1.35 bits per heavy atom. The summed E-state index contributed by atoms with van der Waals surface area (Å²) in [4.78, 5) is 0. The molecule has 0 radical (unpaired) electrons. The van der Waals surface area contributed by atoms with Crippen molar-refractivity contribution in [3.05, 3.63) is 29.8 Å². The first-order chi connectivity index (χ1) is 9.70. The lowest BCUT2D eigenvalue weighted by atomic mass is 10.1. The molecule has 1 fully saturated rings. The van der Waals surface area contributed by atoms with Crippen LogP contribution < -0.4 is 10.1 Å². The van der Waals surface area contributed by atoms with Gasteiger partial charge in [-0.1, -0.05) is 24.6 Å². The molecule has 0 amide bonds. The molecule has 1 aliphatic rings. The minimum Gasteiger partial charge on any atom is -0.491 e. The zero-order valence-corrected chi connectivity index (χ0v) is 12.1. The summed E-state index contributed by atoms with van der Waals surface area (Å²) in [6.45, 7) is 3.01. The molecule has 1 aromatic carbocycles. The quantitative estimate of drug-likeness (QED) is 0.707. The molecule has 3 N–H and O–H groups in total. The van der Waals surface area contributed by atoms with Gasteiger partial charge in [-0.25, -0.2) is 0 Å². The summed E-state index contributed by atoms with van der Waals surface area (Å²) in [5, 5.41) is 22.6. The number of aryl methyl sites for hydroxylation is 1. The van der Waals surface area contributed by atoms with E-state index in [9.17, 15) is 10.2 Å². The highest BCUT2D eigenvalue weighted by Gasteiger charge is 2.26. The summed E-state index contributed by atoms with van der Waals surface area (Å²) >= 11 is 0. The monoisotopic (exact) mass is 279 g/mol. The van der Waals surface area contributed by atoms with Gasteiger partial charge in [0, 0.05) is 19.2 Å². The molecular formula is C16H25NO3. The van der Waals surface area contributed by atoms with Gasteiger partial charge in [0.05, 0.1) is 0 Å². The van der Waals surface area contributed by atoms with Gasteiger partial charge in [-0.2, -0.15) is 0 Å². The van der Waals surface area contributed by atoms with Crippen molar-refractivity contribution in [1.82, 2.24) is 5.32 Å². The predicted octanol–water partition coefficient (Wildman–Crippen LogP) is 1.49. The third-order valence-corrected chi connectivity index (χ3v) is 4.03. The Kier molecular flexibility index (Phi) is 5.83. The highest BCUT2D eigenvalue weighted by Crippen LogP contribution is 2.24. The molecule has 0 spiro atoms. The van der Waals surface area contributed by atoms with E-state index >= 15 is 0 Å². The molecule has 112 valence electrons. The van der Waals surface area contributed by atoms with E-state index in [-0.39, 0.29) is 13.2 Å². The number of hydrogen-bond acceptors (Lipinski definition) is 4. The zero-order valence-electron chi connectivity index (χ0n) is 12.1. The SMILES string of the molecule is Cc1ccccc1OCC(O)CNC1CCCC1CO. The van der Waals surface area contributed by atoms with E-state index in [0.717, 1.165) is 30.6 Å². The van der Waals surface area contributed by atoms with Gasteiger partial charge >= 0.3 is 0 Å². The van der Waals surface area contributed by atoms with Gasteiger partial charge < -0.3 is 20.3 Å². The maximum Gasteiger partial charge on any atom is 0.122 e. The number of para-hydroxylation sites is 1. The third kappa shape index (κ3) is 4.20. The fourth-order valence-corrected chi connectivity index (χ4v) is 2.77. The highest BCUT2D eigenvalue weighted by molar-refractivity contribution is 5.31. The average Bonchev–Trinajstić information content (AvgIpc) is 2.91. The highest BCUT2D eigenvalue weighted by atomic mass is 16.5. The van der Waals surface area contributed by atoms with Gasteiger partial charge in [0.1, 0.15) is 18.5 Å². The number of hydrogen-bond donors (Lipinski definition) is 3. The second-order valence-electron chi connectivity index (χ2n) is 5.62. The fourth-order valence-electron chi connectivity index (χ4n) is 2.77. The van der Waals surface area contributed by atoms with Crippen molar-refractivity contribution in [2.75, 3.05) is 19.8 Å². The normalized spacial score (nSPS) is 23.8. The maximum atomic E-state index is 9.97. The maximum absolute atomic E-state index is 9.97. The van der Waals surface area contributed by atoms with Crippen molar-refractivity contribution in [2.45, 2.75) is 38.3 Å². The van der Waals surface area contributed by atoms with Crippen LogP contribution in [0.5, 0.6) is 5.75 Å². The summed E-state index contributed by atoms with van der Waals surface area (Å²) in [6.07, 6.45) is 2.77. The number of aliphatic hydroxyl groups excluding tert-OH is 2. The summed E-state index contributed by atoms with van der Waals surface area (Å²) in [6, 6.07) is 8.12. The Balaban J connectivity index is 1.70. The molecule has 3 unspecified atom stereocenters. The molecule has 2 rings (SSSR count). The minimum absolute atomic E-state index is 0.230. The van der Waals surface area contributed by atoms with Crippen LogP contribution in [0.25, 0.3) is 0 Å². The van der Waals surface area contributed by atoms with Crippen LogP contribution in [0, 0.1) is 12.8 Å². The Hall–Kier alpha value is -1.10. The molecule has 0 aliphatic heterocycles. The first-order valence-electron chi connectivity index (χ1n) is 7.41. The first kappa shape index (κ1) is 15.3. The largest absolute Gasteiger partial charge is 0.491 e.